The summed E-state index contributed by atoms with van der Waals surface area (Å²) < 4.78 is 5.37. The Hall–Kier alpha value is -3.08. The number of aryl methyl sites for hydroxylation is 1. The fraction of sp³-hybridized carbons (Fsp3) is 0.200. The molecule has 2 aromatic rings. The Balaban J connectivity index is 1.84. The Morgan fingerprint density at radius 3 is 2.20 bits per heavy atom. The summed E-state index contributed by atoms with van der Waals surface area (Å²) in [7, 11) is 0. The van der Waals surface area contributed by atoms with E-state index >= 15 is 0 Å². The number of ether oxygens (including phenoxy) is 1. The Morgan fingerprint density at radius 1 is 0.960 bits per heavy atom. The van der Waals surface area contributed by atoms with E-state index in [9.17, 15) is 14.7 Å². The topological polar surface area (TPSA) is 66.8 Å². The van der Waals surface area contributed by atoms with Crippen LogP contribution in [0, 0.1) is 6.92 Å². The van der Waals surface area contributed by atoms with Crippen LogP contribution in [0.2, 0.25) is 0 Å². The lowest BCUT2D eigenvalue weighted by atomic mass is 10.1. The standard InChI is InChI=1S/C20H19NO4/c1-3-25-16-10-8-15(9-11-16)17-18(22)20(24)21(19(17)23)12-14-6-4-13(2)5-7-14/h4-11,22H,3,12H2,1-2H3. The molecule has 128 valence electrons. The van der Waals surface area contributed by atoms with Gasteiger partial charge in [-0.2, -0.15) is 0 Å². The van der Waals surface area contributed by atoms with E-state index in [1.165, 1.54) is 0 Å². The number of aliphatic hydroxyl groups is 1. The fourth-order valence-corrected chi connectivity index (χ4v) is 2.73. The highest BCUT2D eigenvalue weighted by Crippen LogP contribution is 2.30. The van der Waals surface area contributed by atoms with Gasteiger partial charge in [-0.15, -0.1) is 0 Å². The van der Waals surface area contributed by atoms with E-state index in [1.807, 2.05) is 38.1 Å². The number of benzene rings is 2. The maximum atomic E-state index is 12.7. The van der Waals surface area contributed by atoms with Crippen LogP contribution in [0.15, 0.2) is 54.3 Å². The second kappa shape index (κ2) is 6.81. The van der Waals surface area contributed by atoms with Crippen molar-refractivity contribution in [2.45, 2.75) is 20.4 Å². The minimum atomic E-state index is -0.672. The zero-order valence-electron chi connectivity index (χ0n) is 14.2. The molecule has 0 radical (unpaired) electrons. The Labute approximate surface area is 146 Å². The van der Waals surface area contributed by atoms with E-state index < -0.39 is 17.6 Å². The van der Waals surface area contributed by atoms with Crippen LogP contribution < -0.4 is 4.74 Å². The number of amides is 2. The Bertz CT molecular complexity index is 835. The maximum absolute atomic E-state index is 12.7. The van der Waals surface area contributed by atoms with Crippen LogP contribution in [-0.2, 0) is 16.1 Å². The summed E-state index contributed by atoms with van der Waals surface area (Å²) in [5.41, 5.74) is 2.44. The van der Waals surface area contributed by atoms with Crippen LogP contribution in [0.3, 0.4) is 0 Å². The first-order chi connectivity index (χ1) is 12.0. The van der Waals surface area contributed by atoms with Crippen LogP contribution in [0.4, 0.5) is 0 Å². The Kier molecular flexibility index (Phi) is 4.57. The number of carbonyl (C=O) groups is 2. The van der Waals surface area contributed by atoms with E-state index in [4.69, 9.17) is 4.74 Å². The summed E-state index contributed by atoms with van der Waals surface area (Å²) >= 11 is 0. The number of carbonyl (C=O) groups excluding carboxylic acids is 2. The van der Waals surface area contributed by atoms with Gasteiger partial charge in [0, 0.05) is 0 Å². The number of imide groups is 1. The van der Waals surface area contributed by atoms with Crippen LogP contribution in [0.25, 0.3) is 5.57 Å². The smallest absolute Gasteiger partial charge is 0.296 e. The van der Waals surface area contributed by atoms with Crippen molar-refractivity contribution >= 4 is 17.4 Å². The minimum Gasteiger partial charge on any atom is -0.502 e. The monoisotopic (exact) mass is 337 g/mol. The zero-order chi connectivity index (χ0) is 18.0. The van der Waals surface area contributed by atoms with Gasteiger partial charge in [-0.25, -0.2) is 0 Å². The number of aliphatic hydroxyl groups excluding tert-OH is 1. The third kappa shape index (κ3) is 3.26. The molecule has 25 heavy (non-hydrogen) atoms. The van der Waals surface area contributed by atoms with Crippen LogP contribution in [0.1, 0.15) is 23.6 Å². The van der Waals surface area contributed by atoms with Crippen LogP contribution in [-0.4, -0.2) is 28.4 Å². The predicted octanol–water partition coefficient (Wildman–Crippen LogP) is 3.23. The lowest BCUT2D eigenvalue weighted by molar-refractivity contribution is -0.138. The molecule has 2 aromatic carbocycles. The van der Waals surface area contributed by atoms with Crippen molar-refractivity contribution < 1.29 is 19.4 Å². The highest BCUT2D eigenvalue weighted by Gasteiger charge is 2.39. The molecule has 3 rings (SSSR count). The third-order valence-corrected chi connectivity index (χ3v) is 4.06. The average Bonchev–Trinajstić information content (AvgIpc) is 2.82. The summed E-state index contributed by atoms with van der Waals surface area (Å²) in [6.07, 6.45) is 0. The maximum Gasteiger partial charge on any atom is 0.296 e. The van der Waals surface area contributed by atoms with Gasteiger partial charge < -0.3 is 9.84 Å². The second-order valence-corrected chi connectivity index (χ2v) is 5.86. The molecule has 1 heterocycles. The van der Waals surface area contributed by atoms with Crippen molar-refractivity contribution in [2.75, 3.05) is 6.61 Å². The number of rotatable bonds is 5. The molecule has 0 fully saturated rings. The fourth-order valence-electron chi connectivity index (χ4n) is 2.73. The first-order valence-corrected chi connectivity index (χ1v) is 8.09. The minimum absolute atomic E-state index is 0.0279. The lowest BCUT2D eigenvalue weighted by Gasteiger charge is -2.14. The molecule has 5 nitrogen and oxygen atoms in total. The molecule has 0 saturated heterocycles. The van der Waals surface area contributed by atoms with E-state index in [2.05, 4.69) is 0 Å². The molecule has 0 unspecified atom stereocenters. The van der Waals surface area contributed by atoms with Gasteiger partial charge in [-0.1, -0.05) is 42.0 Å². The Morgan fingerprint density at radius 2 is 1.60 bits per heavy atom. The van der Waals surface area contributed by atoms with Gasteiger partial charge in [-0.3, -0.25) is 14.5 Å². The predicted molar refractivity (Wildman–Crippen MR) is 93.9 cm³/mol. The molecule has 1 N–H and O–H groups in total. The molecule has 0 aliphatic carbocycles. The number of nitrogens with zero attached hydrogens (tertiary/aromatic N) is 1. The van der Waals surface area contributed by atoms with Crippen molar-refractivity contribution in [1.82, 2.24) is 4.90 Å². The highest BCUT2D eigenvalue weighted by molar-refractivity contribution is 6.34. The largest absolute Gasteiger partial charge is 0.502 e. The van der Waals surface area contributed by atoms with Crippen molar-refractivity contribution in [1.29, 1.82) is 0 Å². The van der Waals surface area contributed by atoms with Gasteiger partial charge >= 0.3 is 0 Å². The zero-order valence-corrected chi connectivity index (χ0v) is 14.2. The molecular formula is C20H19NO4. The quantitative estimate of drug-likeness (QED) is 0.851. The molecule has 0 aromatic heterocycles. The van der Waals surface area contributed by atoms with Gasteiger partial charge in [-0.05, 0) is 37.1 Å². The summed E-state index contributed by atoms with van der Waals surface area (Å²) in [5.74, 6) is -1.01. The van der Waals surface area contributed by atoms with Gasteiger partial charge in [0.25, 0.3) is 11.8 Å². The van der Waals surface area contributed by atoms with E-state index in [1.54, 1.807) is 24.3 Å². The first kappa shape index (κ1) is 16.8. The van der Waals surface area contributed by atoms with Gasteiger partial charge in [0.1, 0.15) is 5.75 Å². The van der Waals surface area contributed by atoms with Crippen molar-refractivity contribution in [3.05, 3.63) is 71.0 Å². The molecular weight excluding hydrogens is 318 g/mol. The molecule has 1 aliphatic rings. The molecule has 0 bridgehead atoms. The molecule has 2 amide bonds. The summed E-state index contributed by atoms with van der Waals surface area (Å²) in [5, 5.41) is 10.2. The normalized spacial score (nSPS) is 14.4. The third-order valence-electron chi connectivity index (χ3n) is 4.06. The summed E-state index contributed by atoms with van der Waals surface area (Å²) in [6.45, 7) is 4.51. The van der Waals surface area contributed by atoms with Crippen LogP contribution >= 0.6 is 0 Å². The number of hydrogen-bond donors (Lipinski definition) is 1. The van der Waals surface area contributed by atoms with E-state index in [-0.39, 0.29) is 12.1 Å². The average molecular weight is 337 g/mol. The summed E-state index contributed by atoms with van der Waals surface area (Å²) in [4.78, 5) is 26.0. The van der Waals surface area contributed by atoms with Crippen LogP contribution in [0.5, 0.6) is 5.75 Å². The molecule has 0 spiro atoms. The molecule has 0 atom stereocenters. The lowest BCUT2D eigenvalue weighted by Crippen LogP contribution is -2.31. The van der Waals surface area contributed by atoms with Gasteiger partial charge in [0.15, 0.2) is 5.76 Å². The molecule has 0 saturated carbocycles. The van der Waals surface area contributed by atoms with E-state index in [0.717, 1.165) is 16.0 Å². The van der Waals surface area contributed by atoms with Gasteiger partial charge in [0.2, 0.25) is 0 Å². The van der Waals surface area contributed by atoms with Crippen molar-refractivity contribution in [3.63, 3.8) is 0 Å². The van der Waals surface area contributed by atoms with E-state index in [0.29, 0.717) is 17.9 Å². The van der Waals surface area contributed by atoms with Gasteiger partial charge in [0.05, 0.1) is 18.7 Å². The molecule has 1 aliphatic heterocycles. The molecule has 5 heteroatoms. The SMILES string of the molecule is CCOc1ccc(C2=C(O)C(=O)N(Cc3ccc(C)cc3)C2=O)cc1. The second-order valence-electron chi connectivity index (χ2n) is 5.86. The number of hydrogen-bond acceptors (Lipinski definition) is 4. The first-order valence-electron chi connectivity index (χ1n) is 8.09. The summed E-state index contributed by atoms with van der Waals surface area (Å²) in [6, 6.07) is 14.3. The highest BCUT2D eigenvalue weighted by atomic mass is 16.5. The van der Waals surface area contributed by atoms with Crippen molar-refractivity contribution in [2.24, 2.45) is 0 Å². The van der Waals surface area contributed by atoms with Crippen molar-refractivity contribution in [3.8, 4) is 5.75 Å².